The van der Waals surface area contributed by atoms with E-state index in [1.54, 1.807) is 11.3 Å². The first kappa shape index (κ1) is 15.9. The quantitative estimate of drug-likeness (QED) is 0.714. The number of hydrogen-bond donors (Lipinski definition) is 3. The number of nitrogens with zero attached hydrogens (tertiary/aromatic N) is 1. The van der Waals surface area contributed by atoms with Gasteiger partial charge >= 0.3 is 6.03 Å². The Bertz CT molecular complexity index is 387. The zero-order valence-corrected chi connectivity index (χ0v) is 12.6. The minimum atomic E-state index is -0.157. The van der Waals surface area contributed by atoms with Crippen molar-refractivity contribution in [2.75, 3.05) is 13.2 Å². The van der Waals surface area contributed by atoms with Gasteiger partial charge in [0.2, 0.25) is 0 Å². The van der Waals surface area contributed by atoms with Crippen LogP contribution < -0.4 is 10.6 Å². The third-order valence-electron chi connectivity index (χ3n) is 2.87. The maximum Gasteiger partial charge on any atom is 0.315 e. The smallest absolute Gasteiger partial charge is 0.315 e. The number of aliphatic hydroxyl groups is 1. The van der Waals surface area contributed by atoms with Crippen molar-refractivity contribution in [2.45, 2.75) is 46.1 Å². The topological polar surface area (TPSA) is 74.2 Å². The largest absolute Gasteiger partial charge is 0.396 e. The maximum atomic E-state index is 11.6. The number of carbonyl (C=O) groups is 1. The van der Waals surface area contributed by atoms with Crippen LogP contribution in [0.3, 0.4) is 0 Å². The van der Waals surface area contributed by atoms with E-state index in [0.29, 0.717) is 13.0 Å². The van der Waals surface area contributed by atoms with Crippen molar-refractivity contribution in [3.8, 4) is 0 Å². The number of hydrogen-bond acceptors (Lipinski definition) is 4. The lowest BCUT2D eigenvalue weighted by atomic mass is 10.2. The van der Waals surface area contributed by atoms with Gasteiger partial charge in [0.1, 0.15) is 0 Å². The third kappa shape index (κ3) is 6.02. The minimum absolute atomic E-state index is 0.0801. The van der Waals surface area contributed by atoms with Gasteiger partial charge in [0, 0.05) is 30.5 Å². The molecule has 19 heavy (non-hydrogen) atoms. The normalized spacial score (nSPS) is 12.2. The van der Waals surface area contributed by atoms with Gasteiger partial charge < -0.3 is 15.7 Å². The van der Waals surface area contributed by atoms with Gasteiger partial charge in [-0.15, -0.1) is 11.3 Å². The van der Waals surface area contributed by atoms with Crippen molar-refractivity contribution in [3.63, 3.8) is 0 Å². The number of rotatable bonds is 7. The van der Waals surface area contributed by atoms with Crippen LogP contribution in [-0.2, 0) is 6.42 Å². The lowest BCUT2D eigenvalue weighted by molar-refractivity contribution is 0.234. The molecule has 0 aromatic carbocycles. The lowest BCUT2D eigenvalue weighted by Gasteiger charge is -2.13. The fourth-order valence-corrected chi connectivity index (χ4v) is 2.61. The van der Waals surface area contributed by atoms with E-state index in [4.69, 9.17) is 5.11 Å². The first-order valence-electron chi connectivity index (χ1n) is 6.61. The van der Waals surface area contributed by atoms with Gasteiger partial charge in [0.15, 0.2) is 0 Å². The first-order valence-corrected chi connectivity index (χ1v) is 7.42. The molecular weight excluding hydrogens is 262 g/mol. The van der Waals surface area contributed by atoms with Crippen LogP contribution in [0.4, 0.5) is 4.79 Å². The highest BCUT2D eigenvalue weighted by Crippen LogP contribution is 2.16. The van der Waals surface area contributed by atoms with Crippen LogP contribution in [0, 0.1) is 13.8 Å². The summed E-state index contributed by atoms with van der Waals surface area (Å²) in [4.78, 5) is 17.2. The van der Waals surface area contributed by atoms with Gasteiger partial charge in [-0.3, -0.25) is 0 Å². The average molecular weight is 285 g/mol. The molecule has 1 heterocycles. The second kappa shape index (κ2) is 8.12. The molecule has 108 valence electrons. The van der Waals surface area contributed by atoms with E-state index in [1.165, 1.54) is 4.88 Å². The van der Waals surface area contributed by atoms with E-state index in [-0.39, 0.29) is 18.7 Å². The second-order valence-corrected chi connectivity index (χ2v) is 5.95. The maximum absolute atomic E-state index is 11.6. The highest BCUT2D eigenvalue weighted by atomic mass is 32.1. The molecule has 1 rings (SSSR count). The molecule has 2 amide bonds. The van der Waals surface area contributed by atoms with E-state index >= 15 is 0 Å². The van der Waals surface area contributed by atoms with E-state index in [9.17, 15) is 4.79 Å². The average Bonchev–Trinajstić information content (AvgIpc) is 2.66. The van der Waals surface area contributed by atoms with E-state index < -0.39 is 0 Å². The number of aromatic nitrogens is 1. The predicted molar refractivity (Wildman–Crippen MR) is 77.6 cm³/mol. The molecule has 0 aliphatic carbocycles. The first-order chi connectivity index (χ1) is 9.02. The Morgan fingerprint density at radius 2 is 2.21 bits per heavy atom. The Morgan fingerprint density at radius 3 is 2.79 bits per heavy atom. The summed E-state index contributed by atoms with van der Waals surface area (Å²) in [6, 6.07) is -0.0769. The minimum Gasteiger partial charge on any atom is -0.396 e. The Morgan fingerprint density at radius 1 is 1.47 bits per heavy atom. The number of nitrogens with one attached hydrogen (secondary N) is 2. The molecule has 1 atom stereocenters. The van der Waals surface area contributed by atoms with Crippen molar-refractivity contribution in [1.29, 1.82) is 0 Å². The van der Waals surface area contributed by atoms with Crippen molar-refractivity contribution in [3.05, 3.63) is 15.6 Å². The summed E-state index contributed by atoms with van der Waals surface area (Å²) in [6.07, 6.45) is 2.26. The molecule has 0 fully saturated rings. The number of aryl methyl sites for hydroxylation is 2. The Kier molecular flexibility index (Phi) is 6.80. The lowest BCUT2D eigenvalue weighted by Crippen LogP contribution is -2.41. The van der Waals surface area contributed by atoms with Gasteiger partial charge in [-0.05, 0) is 33.6 Å². The van der Waals surface area contributed by atoms with Gasteiger partial charge in [0.25, 0.3) is 0 Å². The van der Waals surface area contributed by atoms with Crippen LogP contribution in [0.25, 0.3) is 0 Å². The van der Waals surface area contributed by atoms with E-state index in [0.717, 1.165) is 23.5 Å². The molecule has 0 bridgehead atoms. The molecule has 1 aromatic rings. The van der Waals surface area contributed by atoms with Gasteiger partial charge in [0.05, 0.1) is 10.7 Å². The molecule has 5 nitrogen and oxygen atoms in total. The predicted octanol–water partition coefficient (Wildman–Crippen LogP) is 1.76. The Hall–Kier alpha value is -1.14. The monoisotopic (exact) mass is 285 g/mol. The highest BCUT2D eigenvalue weighted by molar-refractivity contribution is 7.11. The summed E-state index contributed by atoms with van der Waals surface area (Å²) in [5.74, 6) is 0. The number of urea groups is 1. The van der Waals surface area contributed by atoms with Crippen LogP contribution in [0.15, 0.2) is 0 Å². The molecule has 0 spiro atoms. The van der Waals surface area contributed by atoms with Crippen LogP contribution >= 0.6 is 11.3 Å². The number of carbonyl (C=O) groups excluding carboxylic acids is 1. The van der Waals surface area contributed by atoms with Crippen molar-refractivity contribution >= 4 is 17.4 Å². The summed E-state index contributed by atoms with van der Waals surface area (Å²) < 4.78 is 0. The van der Waals surface area contributed by atoms with Crippen molar-refractivity contribution in [1.82, 2.24) is 15.6 Å². The molecule has 0 saturated heterocycles. The molecule has 0 aliphatic rings. The fraction of sp³-hybridized carbons (Fsp3) is 0.692. The van der Waals surface area contributed by atoms with Crippen LogP contribution in [0.1, 0.15) is 35.3 Å². The number of amides is 2. The van der Waals surface area contributed by atoms with Crippen LogP contribution in [0.2, 0.25) is 0 Å². The third-order valence-corrected chi connectivity index (χ3v) is 4.00. The SMILES string of the molecule is Cc1nc(CCNC(=O)NC(C)CCCO)sc1C. The molecule has 3 N–H and O–H groups in total. The summed E-state index contributed by atoms with van der Waals surface area (Å²) in [5.41, 5.74) is 1.07. The van der Waals surface area contributed by atoms with Gasteiger partial charge in [-0.25, -0.2) is 9.78 Å². The zero-order chi connectivity index (χ0) is 14.3. The van der Waals surface area contributed by atoms with E-state index in [1.807, 2.05) is 13.8 Å². The number of aliphatic hydroxyl groups excluding tert-OH is 1. The van der Waals surface area contributed by atoms with Gasteiger partial charge in [-0.1, -0.05) is 0 Å². The summed E-state index contributed by atoms with van der Waals surface area (Å²) in [6.45, 7) is 6.74. The molecule has 0 aliphatic heterocycles. The Labute approximate surface area is 118 Å². The molecule has 0 radical (unpaired) electrons. The molecule has 1 unspecified atom stereocenters. The molecule has 1 aromatic heterocycles. The zero-order valence-electron chi connectivity index (χ0n) is 11.8. The molecule has 0 saturated carbocycles. The standard InChI is InChI=1S/C13H23N3O2S/c1-9(5-4-8-17)15-13(18)14-7-6-12-16-10(2)11(3)19-12/h9,17H,4-8H2,1-3H3,(H2,14,15,18). The summed E-state index contributed by atoms with van der Waals surface area (Å²) >= 11 is 1.68. The highest BCUT2D eigenvalue weighted by Gasteiger charge is 2.07. The fourth-order valence-electron chi connectivity index (χ4n) is 1.67. The molecule has 6 heteroatoms. The van der Waals surface area contributed by atoms with Crippen molar-refractivity contribution < 1.29 is 9.90 Å². The second-order valence-electron chi connectivity index (χ2n) is 4.67. The summed E-state index contributed by atoms with van der Waals surface area (Å²) in [5, 5.41) is 15.4. The van der Waals surface area contributed by atoms with Crippen LogP contribution in [0.5, 0.6) is 0 Å². The number of thiazole rings is 1. The summed E-state index contributed by atoms with van der Waals surface area (Å²) in [7, 11) is 0. The van der Waals surface area contributed by atoms with Gasteiger partial charge in [-0.2, -0.15) is 0 Å². The van der Waals surface area contributed by atoms with Crippen LogP contribution in [-0.4, -0.2) is 35.3 Å². The van der Waals surface area contributed by atoms with E-state index in [2.05, 4.69) is 22.5 Å². The van der Waals surface area contributed by atoms with Crippen molar-refractivity contribution in [2.24, 2.45) is 0 Å². The Balaban J connectivity index is 2.20. The molecular formula is C13H23N3O2S.